The fourth-order valence-corrected chi connectivity index (χ4v) is 3.47. The summed E-state index contributed by atoms with van der Waals surface area (Å²) in [5.74, 6) is 22.0. The first-order chi connectivity index (χ1) is 21.7. The van der Waals surface area contributed by atoms with Crippen LogP contribution in [-0.2, 0) is 19.5 Å². The zero-order valence-corrected chi connectivity index (χ0v) is 29.1. The van der Waals surface area contributed by atoms with Crippen LogP contribution in [0.1, 0.15) is 29.2 Å². The number of nitrogens with zero attached hydrogens (tertiary/aromatic N) is 6. The molecule has 0 aliphatic rings. The summed E-state index contributed by atoms with van der Waals surface area (Å²) in [6.45, 7) is 9.98. The summed E-state index contributed by atoms with van der Waals surface area (Å²) < 4.78 is 0. The molecule has 0 amide bonds. The van der Waals surface area contributed by atoms with Crippen LogP contribution in [0.25, 0.3) is 45.0 Å². The Morgan fingerprint density at radius 3 is 1.17 bits per heavy atom. The Morgan fingerprint density at radius 2 is 0.848 bits per heavy atom. The van der Waals surface area contributed by atoms with Crippen LogP contribution >= 0.6 is 24.4 Å². The van der Waals surface area contributed by atoms with Gasteiger partial charge in [-0.15, -0.1) is 6.42 Å². The van der Waals surface area contributed by atoms with Crippen LogP contribution in [0.2, 0.25) is 0 Å². The molecule has 6 nitrogen and oxygen atoms in total. The third-order valence-corrected chi connectivity index (χ3v) is 5.13. The maximum absolute atomic E-state index is 7.13. The van der Waals surface area contributed by atoms with Crippen molar-refractivity contribution in [3.63, 3.8) is 0 Å². The first kappa shape index (κ1) is 40.6. The SMILES string of the molecule is C#CC#CC#CC#CC#CC.Cc1ccnc(-c2cc(C)cc(-c3cc(C)cc(-c4cc(C)ccn4)n3)n2)c1.[N-]=C=S.[N-]=C=S.[Ru+2]. The molecule has 46 heavy (non-hydrogen) atoms. The van der Waals surface area contributed by atoms with Gasteiger partial charge in [0.05, 0.1) is 34.2 Å². The topological polar surface area (TPSA) is 96.2 Å². The average Bonchev–Trinajstić information content (AvgIpc) is 3.01. The van der Waals surface area contributed by atoms with Crippen LogP contribution in [0, 0.1) is 87.4 Å². The van der Waals surface area contributed by atoms with E-state index in [-0.39, 0.29) is 19.5 Å². The van der Waals surface area contributed by atoms with E-state index < -0.39 is 0 Å². The minimum Gasteiger partial charge on any atom is -0.753 e. The molecule has 0 aliphatic heterocycles. The molecule has 0 radical (unpaired) electrons. The molecule has 9 heteroatoms. The molecule has 0 saturated heterocycles. The van der Waals surface area contributed by atoms with Gasteiger partial charge in [-0.3, -0.25) is 9.97 Å². The van der Waals surface area contributed by atoms with E-state index in [2.05, 4.69) is 152 Å². The van der Waals surface area contributed by atoms with Crippen molar-refractivity contribution in [3.05, 3.63) is 94.0 Å². The number of isothiocyanates is 2. The molecule has 4 aromatic heterocycles. The summed E-state index contributed by atoms with van der Waals surface area (Å²) >= 11 is 7.40. The Hall–Kier alpha value is -5.38. The zero-order chi connectivity index (χ0) is 33.5. The zero-order valence-electron chi connectivity index (χ0n) is 25.7. The molecular formula is C37H26N6RuS2. The van der Waals surface area contributed by atoms with Crippen LogP contribution in [0.15, 0.2) is 60.9 Å². The summed E-state index contributed by atoms with van der Waals surface area (Å²) in [5, 5.41) is 16.9. The van der Waals surface area contributed by atoms with E-state index in [0.717, 1.165) is 56.4 Å². The Labute approximate surface area is 295 Å². The fraction of sp³-hybridized carbons (Fsp3) is 0.135. The Kier molecular flexibility index (Phi) is 21.2. The predicted molar refractivity (Wildman–Crippen MR) is 190 cm³/mol. The largest absolute Gasteiger partial charge is 2.00 e. The van der Waals surface area contributed by atoms with Gasteiger partial charge in [0.2, 0.25) is 0 Å². The van der Waals surface area contributed by atoms with Crippen molar-refractivity contribution in [2.75, 3.05) is 0 Å². The molecule has 0 N–H and O–H groups in total. The van der Waals surface area contributed by atoms with Gasteiger partial charge in [-0.1, -0.05) is 30.4 Å². The van der Waals surface area contributed by atoms with E-state index in [1.807, 2.05) is 24.5 Å². The molecular weight excluding hydrogens is 694 g/mol. The van der Waals surface area contributed by atoms with Crippen molar-refractivity contribution in [1.29, 1.82) is 0 Å². The van der Waals surface area contributed by atoms with E-state index in [4.69, 9.17) is 27.2 Å². The molecule has 0 fully saturated rings. The smallest absolute Gasteiger partial charge is 0.753 e. The molecule has 0 bridgehead atoms. The molecule has 224 valence electrons. The van der Waals surface area contributed by atoms with Crippen molar-refractivity contribution in [1.82, 2.24) is 19.9 Å². The van der Waals surface area contributed by atoms with Gasteiger partial charge in [0.1, 0.15) is 0 Å². The van der Waals surface area contributed by atoms with Gasteiger partial charge in [-0.05, 0) is 153 Å². The first-order valence-corrected chi connectivity index (χ1v) is 13.8. The number of aryl methyl sites for hydroxylation is 4. The van der Waals surface area contributed by atoms with E-state index in [1.165, 1.54) is 10.3 Å². The number of terminal acetylenes is 1. The van der Waals surface area contributed by atoms with Gasteiger partial charge in [0.15, 0.2) is 0 Å². The standard InChI is InChI=1S/C24H22N4.C11H4.2CNS.Ru/c1-15-5-7-25-19(9-15)21-11-17(3)13-23(27-21)24-14-18(4)12-22(28-24)20-10-16(2)6-8-26-20;1-3-5-7-9-11-10-8-6-4-2;2*2-1-3;/h5-14H,1-4H3;1H,2H3;;;/q;;2*-1;+2. The normalized spacial score (nSPS) is 7.83. The van der Waals surface area contributed by atoms with Gasteiger partial charge in [-0.2, -0.15) is 10.3 Å². The molecule has 0 spiro atoms. The maximum Gasteiger partial charge on any atom is 2.00 e. The van der Waals surface area contributed by atoms with Crippen molar-refractivity contribution >= 4 is 34.8 Å². The number of hydrogen-bond acceptors (Lipinski definition) is 6. The van der Waals surface area contributed by atoms with Crippen LogP contribution in [0.3, 0.4) is 0 Å². The Morgan fingerprint density at radius 1 is 0.543 bits per heavy atom. The number of rotatable bonds is 3. The first-order valence-electron chi connectivity index (χ1n) is 13.0. The van der Waals surface area contributed by atoms with Crippen molar-refractivity contribution in [3.8, 4) is 93.9 Å². The van der Waals surface area contributed by atoms with Crippen LogP contribution in [-0.4, -0.2) is 30.3 Å². The molecule has 0 unspecified atom stereocenters. The van der Waals surface area contributed by atoms with Gasteiger partial charge < -0.3 is 10.8 Å². The summed E-state index contributed by atoms with van der Waals surface area (Å²) in [7, 11) is 0. The van der Waals surface area contributed by atoms with Crippen molar-refractivity contribution in [2.45, 2.75) is 34.6 Å². The molecule has 0 aromatic carbocycles. The Balaban J connectivity index is 0.000000945. The van der Waals surface area contributed by atoms with Gasteiger partial charge in [0, 0.05) is 12.4 Å². The number of pyridine rings is 4. The summed E-state index contributed by atoms with van der Waals surface area (Å²) in [5.41, 5.74) is 9.73. The second-order valence-electron chi connectivity index (χ2n) is 8.72. The third kappa shape index (κ3) is 15.9. The van der Waals surface area contributed by atoms with E-state index in [0.29, 0.717) is 0 Å². The average molecular weight is 720 g/mol. The number of aromatic nitrogens is 4. The minimum atomic E-state index is 0. The van der Waals surface area contributed by atoms with Crippen molar-refractivity contribution in [2.24, 2.45) is 0 Å². The van der Waals surface area contributed by atoms with Crippen LogP contribution in [0.4, 0.5) is 0 Å². The predicted octanol–water partition coefficient (Wildman–Crippen LogP) is 7.47. The van der Waals surface area contributed by atoms with Gasteiger partial charge in [0.25, 0.3) is 0 Å². The van der Waals surface area contributed by atoms with Crippen molar-refractivity contribution < 1.29 is 19.5 Å². The molecule has 4 rings (SSSR count). The van der Waals surface area contributed by atoms with Crippen LogP contribution < -0.4 is 0 Å². The molecule has 4 heterocycles. The summed E-state index contributed by atoms with van der Waals surface area (Å²) in [6, 6.07) is 16.3. The number of thiocarbonyl (C=S) groups is 2. The number of hydrogen-bond donors (Lipinski definition) is 0. The third-order valence-electron chi connectivity index (χ3n) is 5.13. The molecule has 0 atom stereocenters. The monoisotopic (exact) mass is 720 g/mol. The van der Waals surface area contributed by atoms with E-state index in [1.54, 1.807) is 6.92 Å². The molecule has 4 aromatic rings. The fourth-order valence-electron chi connectivity index (χ4n) is 3.47. The maximum atomic E-state index is 7.13. The Bertz CT molecular complexity index is 1900. The van der Waals surface area contributed by atoms with E-state index >= 15 is 0 Å². The minimum absolute atomic E-state index is 0. The molecule has 0 aliphatic carbocycles. The summed E-state index contributed by atoms with van der Waals surface area (Å²) in [6.07, 6.45) is 8.48. The second kappa shape index (κ2) is 24.0. The van der Waals surface area contributed by atoms with Gasteiger partial charge >= 0.3 is 19.5 Å². The van der Waals surface area contributed by atoms with Gasteiger partial charge in [-0.25, -0.2) is 9.97 Å². The van der Waals surface area contributed by atoms with Crippen LogP contribution in [0.5, 0.6) is 0 Å². The molecule has 0 saturated carbocycles. The second-order valence-corrected chi connectivity index (χ2v) is 9.08. The van der Waals surface area contributed by atoms with E-state index in [9.17, 15) is 0 Å². The summed E-state index contributed by atoms with van der Waals surface area (Å²) in [4.78, 5) is 18.7. The quantitative estimate of drug-likeness (QED) is 0.0944.